The fourth-order valence-electron chi connectivity index (χ4n) is 2.07. The van der Waals surface area contributed by atoms with Crippen molar-refractivity contribution in [1.29, 1.82) is 0 Å². The van der Waals surface area contributed by atoms with E-state index in [1.807, 2.05) is 30.3 Å². The average molecular weight is 305 g/mol. The highest BCUT2D eigenvalue weighted by atomic mass is 16.1. The van der Waals surface area contributed by atoms with Gasteiger partial charge in [-0.2, -0.15) is 0 Å². The highest BCUT2D eigenvalue weighted by Gasteiger charge is 2.05. The maximum atomic E-state index is 11.5. The third kappa shape index (κ3) is 3.49. The minimum Gasteiger partial charge on any atom is -0.355 e. The van der Waals surface area contributed by atoms with Gasteiger partial charge in [0.15, 0.2) is 0 Å². The van der Waals surface area contributed by atoms with Crippen LogP contribution in [0, 0.1) is 0 Å². The first-order valence-electron chi connectivity index (χ1n) is 7.09. The van der Waals surface area contributed by atoms with Crippen molar-refractivity contribution < 1.29 is 4.79 Å². The van der Waals surface area contributed by atoms with Gasteiger partial charge in [0.05, 0.1) is 5.69 Å². The number of nitrogens with zero attached hydrogens (tertiary/aromatic N) is 3. The Kier molecular flexibility index (Phi) is 4.24. The Balaban J connectivity index is 1.79. The van der Waals surface area contributed by atoms with Crippen molar-refractivity contribution in [1.82, 2.24) is 20.3 Å². The summed E-state index contributed by atoms with van der Waals surface area (Å²) >= 11 is 0. The highest BCUT2D eigenvalue weighted by molar-refractivity contribution is 5.94. The van der Waals surface area contributed by atoms with Gasteiger partial charge in [0.1, 0.15) is 0 Å². The lowest BCUT2D eigenvalue weighted by molar-refractivity contribution is 0.0963. The number of pyridine rings is 1. The molecule has 0 saturated heterocycles. The Morgan fingerprint density at radius 2 is 1.87 bits per heavy atom. The van der Waals surface area contributed by atoms with Crippen LogP contribution in [0.5, 0.6) is 0 Å². The zero-order valence-electron chi connectivity index (χ0n) is 12.5. The Hall–Kier alpha value is -3.28. The lowest BCUT2D eigenvalue weighted by Crippen LogP contribution is -2.17. The smallest absolute Gasteiger partial charge is 0.251 e. The van der Waals surface area contributed by atoms with Crippen LogP contribution in [0.2, 0.25) is 0 Å². The molecular weight excluding hydrogens is 290 g/mol. The lowest BCUT2D eigenvalue weighted by atomic mass is 10.2. The van der Waals surface area contributed by atoms with Crippen LogP contribution in [0.4, 0.5) is 11.6 Å². The molecule has 3 rings (SSSR count). The van der Waals surface area contributed by atoms with Crippen LogP contribution in [-0.4, -0.2) is 27.9 Å². The highest BCUT2D eigenvalue weighted by Crippen LogP contribution is 2.18. The largest absolute Gasteiger partial charge is 0.355 e. The van der Waals surface area contributed by atoms with Gasteiger partial charge in [-0.3, -0.25) is 9.78 Å². The lowest BCUT2D eigenvalue weighted by Gasteiger charge is -2.07. The standard InChI is InChI=1S/C17H15N5O/c1-18-16(23)12-4-6-14(7-5-12)21-17-20-10-8-15(22-17)13-3-2-9-19-11-13/h2-11H,1H3,(H,18,23)(H,20,21,22). The quantitative estimate of drug-likeness (QED) is 0.774. The fraction of sp³-hybridized carbons (Fsp3) is 0.0588. The maximum absolute atomic E-state index is 11.5. The molecule has 3 aromatic rings. The van der Waals surface area contributed by atoms with E-state index >= 15 is 0 Å². The number of amides is 1. The maximum Gasteiger partial charge on any atom is 0.251 e. The molecule has 2 aromatic heterocycles. The number of nitrogens with one attached hydrogen (secondary N) is 2. The molecule has 23 heavy (non-hydrogen) atoms. The molecule has 0 bridgehead atoms. The normalized spacial score (nSPS) is 10.1. The minimum absolute atomic E-state index is 0.119. The second-order valence-corrected chi connectivity index (χ2v) is 4.79. The average Bonchev–Trinajstić information content (AvgIpc) is 2.63. The molecule has 0 aliphatic heterocycles. The molecule has 1 aromatic carbocycles. The Bertz CT molecular complexity index is 803. The molecule has 0 aliphatic rings. The van der Waals surface area contributed by atoms with Crippen molar-refractivity contribution in [2.75, 3.05) is 12.4 Å². The van der Waals surface area contributed by atoms with E-state index < -0.39 is 0 Å². The van der Waals surface area contributed by atoms with E-state index in [1.54, 1.807) is 37.8 Å². The molecule has 0 aliphatic carbocycles. The van der Waals surface area contributed by atoms with E-state index in [1.165, 1.54) is 0 Å². The van der Waals surface area contributed by atoms with Gasteiger partial charge in [-0.1, -0.05) is 0 Å². The minimum atomic E-state index is -0.119. The summed E-state index contributed by atoms with van der Waals surface area (Å²) in [6.07, 6.45) is 5.17. The van der Waals surface area contributed by atoms with Crippen molar-refractivity contribution in [2.45, 2.75) is 0 Å². The first-order chi connectivity index (χ1) is 11.3. The number of carbonyl (C=O) groups excluding carboxylic acids is 1. The predicted octanol–water partition coefficient (Wildman–Crippen LogP) is 2.64. The van der Waals surface area contributed by atoms with Crippen molar-refractivity contribution in [3.05, 3.63) is 66.6 Å². The zero-order chi connectivity index (χ0) is 16.1. The van der Waals surface area contributed by atoms with Crippen LogP contribution in [0.15, 0.2) is 61.1 Å². The van der Waals surface area contributed by atoms with Gasteiger partial charge < -0.3 is 10.6 Å². The van der Waals surface area contributed by atoms with Crippen LogP contribution in [0.3, 0.4) is 0 Å². The molecule has 1 amide bonds. The van der Waals surface area contributed by atoms with Crippen LogP contribution >= 0.6 is 0 Å². The van der Waals surface area contributed by atoms with Gasteiger partial charge in [-0.05, 0) is 42.5 Å². The van der Waals surface area contributed by atoms with E-state index in [0.29, 0.717) is 11.5 Å². The molecule has 0 atom stereocenters. The second kappa shape index (κ2) is 6.65. The molecule has 6 nitrogen and oxygen atoms in total. The van der Waals surface area contributed by atoms with Crippen LogP contribution < -0.4 is 10.6 Å². The topological polar surface area (TPSA) is 79.8 Å². The molecule has 0 fully saturated rings. The number of anilines is 2. The number of carbonyl (C=O) groups is 1. The summed E-state index contributed by atoms with van der Waals surface area (Å²) in [7, 11) is 1.60. The Labute approximate surface area is 133 Å². The molecule has 0 radical (unpaired) electrons. The van der Waals surface area contributed by atoms with Crippen molar-refractivity contribution >= 4 is 17.5 Å². The van der Waals surface area contributed by atoms with Crippen LogP contribution in [-0.2, 0) is 0 Å². The fourth-order valence-corrected chi connectivity index (χ4v) is 2.07. The Morgan fingerprint density at radius 3 is 2.57 bits per heavy atom. The molecular formula is C17H15N5O. The molecule has 6 heteroatoms. The summed E-state index contributed by atoms with van der Waals surface area (Å²) in [5.41, 5.74) is 3.12. The first-order valence-corrected chi connectivity index (χ1v) is 7.09. The monoisotopic (exact) mass is 305 g/mol. The van der Waals surface area contributed by atoms with Gasteiger partial charge in [0.25, 0.3) is 5.91 Å². The van der Waals surface area contributed by atoms with E-state index in [9.17, 15) is 4.79 Å². The molecule has 0 spiro atoms. The molecule has 114 valence electrons. The molecule has 0 unspecified atom stereocenters. The summed E-state index contributed by atoms with van der Waals surface area (Å²) in [5.74, 6) is 0.366. The number of aromatic nitrogens is 3. The molecule has 0 saturated carbocycles. The van der Waals surface area contributed by atoms with Gasteiger partial charge in [-0.15, -0.1) is 0 Å². The number of rotatable bonds is 4. The van der Waals surface area contributed by atoms with E-state index in [-0.39, 0.29) is 5.91 Å². The summed E-state index contributed by atoms with van der Waals surface area (Å²) in [6, 6.07) is 12.7. The summed E-state index contributed by atoms with van der Waals surface area (Å²) in [4.78, 5) is 24.3. The summed E-state index contributed by atoms with van der Waals surface area (Å²) < 4.78 is 0. The van der Waals surface area contributed by atoms with Crippen molar-refractivity contribution in [2.24, 2.45) is 0 Å². The summed E-state index contributed by atoms with van der Waals surface area (Å²) in [5, 5.41) is 5.71. The van der Waals surface area contributed by atoms with E-state index in [2.05, 4.69) is 25.6 Å². The van der Waals surface area contributed by atoms with Gasteiger partial charge in [0, 0.05) is 42.5 Å². The summed E-state index contributed by atoms with van der Waals surface area (Å²) in [6.45, 7) is 0. The van der Waals surface area contributed by atoms with Gasteiger partial charge in [-0.25, -0.2) is 9.97 Å². The van der Waals surface area contributed by atoms with Crippen LogP contribution in [0.25, 0.3) is 11.3 Å². The zero-order valence-corrected chi connectivity index (χ0v) is 12.5. The third-order valence-corrected chi connectivity index (χ3v) is 3.24. The van der Waals surface area contributed by atoms with Gasteiger partial charge >= 0.3 is 0 Å². The molecule has 2 heterocycles. The number of hydrogen-bond donors (Lipinski definition) is 2. The molecule has 2 N–H and O–H groups in total. The van der Waals surface area contributed by atoms with Crippen molar-refractivity contribution in [3.8, 4) is 11.3 Å². The van der Waals surface area contributed by atoms with Crippen LogP contribution in [0.1, 0.15) is 10.4 Å². The predicted molar refractivity (Wildman–Crippen MR) is 88.4 cm³/mol. The van der Waals surface area contributed by atoms with E-state index in [4.69, 9.17) is 0 Å². The number of benzene rings is 1. The Morgan fingerprint density at radius 1 is 1.04 bits per heavy atom. The SMILES string of the molecule is CNC(=O)c1ccc(Nc2nccc(-c3cccnc3)n2)cc1. The number of hydrogen-bond acceptors (Lipinski definition) is 5. The van der Waals surface area contributed by atoms with Crippen molar-refractivity contribution in [3.63, 3.8) is 0 Å². The third-order valence-electron chi connectivity index (χ3n) is 3.24. The van der Waals surface area contributed by atoms with E-state index in [0.717, 1.165) is 16.9 Å². The second-order valence-electron chi connectivity index (χ2n) is 4.79. The van der Waals surface area contributed by atoms with Gasteiger partial charge in [0.2, 0.25) is 5.95 Å². The first kappa shape index (κ1) is 14.6.